The van der Waals surface area contributed by atoms with E-state index < -0.39 is 30.8 Å². The number of hydrogen-bond donors (Lipinski definition) is 1. The number of carbonyl (C=O) groups excluding carboxylic acids is 1. The second kappa shape index (κ2) is 8.96. The summed E-state index contributed by atoms with van der Waals surface area (Å²) in [5.74, 6) is -3.78. The first-order valence-electron chi connectivity index (χ1n) is 11.4. The zero-order valence-corrected chi connectivity index (χ0v) is 18.3. The van der Waals surface area contributed by atoms with Crippen molar-refractivity contribution in [3.05, 3.63) is 29.8 Å². The number of carboxylic acid groups (broad SMARTS) is 1. The van der Waals surface area contributed by atoms with Crippen LogP contribution in [-0.2, 0) is 14.3 Å². The summed E-state index contributed by atoms with van der Waals surface area (Å²) < 4.78 is 43.1. The maximum absolute atomic E-state index is 13.1. The molecule has 176 valence electrons. The Labute approximate surface area is 186 Å². The molecule has 0 aliphatic heterocycles. The second-order valence-corrected chi connectivity index (χ2v) is 9.67. The van der Waals surface area contributed by atoms with Crippen molar-refractivity contribution in [2.45, 2.75) is 64.3 Å². The molecule has 6 atom stereocenters. The number of alkyl halides is 2. The molecule has 8 heteroatoms. The van der Waals surface area contributed by atoms with Gasteiger partial charge in [-0.2, -0.15) is 8.78 Å². The quantitative estimate of drug-likeness (QED) is 0.430. The third kappa shape index (κ3) is 4.60. The molecule has 3 aliphatic rings. The standard InChI is InChI=1S/C24H30F2O6/c1-13(2)22(32-20-11-15-10-19(20)18-5-3-4-17(15)18)31-16-8-6-14(7-9-16)21(27)30-12-24(25,26)23(28)29/h6-9,13,15,17-20,22H,3-5,10-12H2,1-2H3,(H,28,29). The van der Waals surface area contributed by atoms with Gasteiger partial charge in [-0.25, -0.2) is 9.59 Å². The van der Waals surface area contributed by atoms with Gasteiger partial charge < -0.3 is 19.3 Å². The maximum Gasteiger partial charge on any atom is 0.378 e. The Kier molecular flexibility index (Phi) is 6.43. The first kappa shape index (κ1) is 23.0. The summed E-state index contributed by atoms with van der Waals surface area (Å²) in [7, 11) is 0. The Morgan fingerprint density at radius 3 is 2.44 bits per heavy atom. The Morgan fingerprint density at radius 1 is 1.09 bits per heavy atom. The van der Waals surface area contributed by atoms with E-state index in [0.29, 0.717) is 11.7 Å². The zero-order chi connectivity index (χ0) is 23.0. The number of aliphatic carboxylic acids is 1. The molecule has 0 aromatic heterocycles. The van der Waals surface area contributed by atoms with Crippen molar-refractivity contribution < 1.29 is 37.7 Å². The monoisotopic (exact) mass is 452 g/mol. The van der Waals surface area contributed by atoms with Crippen LogP contribution in [0.5, 0.6) is 5.75 Å². The molecule has 6 unspecified atom stereocenters. The molecule has 1 aromatic rings. The van der Waals surface area contributed by atoms with Crippen molar-refractivity contribution >= 4 is 11.9 Å². The molecular weight excluding hydrogens is 422 g/mol. The fourth-order valence-corrected chi connectivity index (χ4v) is 5.76. The lowest BCUT2D eigenvalue weighted by atomic mass is 9.80. The minimum absolute atomic E-state index is 0.0286. The highest BCUT2D eigenvalue weighted by molar-refractivity contribution is 5.89. The number of benzene rings is 1. The molecule has 32 heavy (non-hydrogen) atoms. The molecule has 3 fully saturated rings. The molecule has 0 heterocycles. The Balaban J connectivity index is 1.33. The van der Waals surface area contributed by atoms with Crippen molar-refractivity contribution in [3.8, 4) is 5.75 Å². The summed E-state index contributed by atoms with van der Waals surface area (Å²) in [6.07, 6.45) is 6.18. The summed E-state index contributed by atoms with van der Waals surface area (Å²) in [4.78, 5) is 22.4. The van der Waals surface area contributed by atoms with E-state index in [0.717, 1.165) is 24.2 Å². The van der Waals surface area contributed by atoms with Crippen molar-refractivity contribution in [2.24, 2.45) is 29.6 Å². The Hall–Kier alpha value is -2.22. The largest absolute Gasteiger partial charge is 0.477 e. The van der Waals surface area contributed by atoms with E-state index in [9.17, 15) is 18.4 Å². The molecule has 2 bridgehead atoms. The van der Waals surface area contributed by atoms with Gasteiger partial charge in [-0.15, -0.1) is 0 Å². The minimum Gasteiger partial charge on any atom is -0.477 e. The number of fused-ring (bicyclic) bond motifs is 5. The van der Waals surface area contributed by atoms with Crippen LogP contribution >= 0.6 is 0 Å². The molecule has 1 aromatic carbocycles. The van der Waals surface area contributed by atoms with Crippen molar-refractivity contribution in [1.82, 2.24) is 0 Å². The van der Waals surface area contributed by atoms with Crippen LogP contribution in [0.2, 0.25) is 0 Å². The summed E-state index contributed by atoms with van der Waals surface area (Å²) in [6.45, 7) is 2.54. The number of esters is 1. The molecule has 0 radical (unpaired) electrons. The molecule has 0 spiro atoms. The topological polar surface area (TPSA) is 82.1 Å². The van der Waals surface area contributed by atoms with E-state index in [1.807, 2.05) is 13.8 Å². The van der Waals surface area contributed by atoms with E-state index in [1.54, 1.807) is 12.1 Å². The third-order valence-corrected chi connectivity index (χ3v) is 7.26. The smallest absolute Gasteiger partial charge is 0.378 e. The van der Waals surface area contributed by atoms with Crippen molar-refractivity contribution in [3.63, 3.8) is 0 Å². The first-order valence-corrected chi connectivity index (χ1v) is 11.4. The molecule has 0 saturated heterocycles. The first-order chi connectivity index (χ1) is 15.2. The SMILES string of the molecule is CC(C)C(Oc1ccc(C(=O)OCC(F)(F)C(=O)O)cc1)OC1CC2CC1C1CCCC21. The summed E-state index contributed by atoms with van der Waals surface area (Å²) in [6, 6.07) is 5.90. The van der Waals surface area contributed by atoms with Gasteiger partial charge in [-0.1, -0.05) is 20.3 Å². The number of hydrogen-bond acceptors (Lipinski definition) is 5. The maximum atomic E-state index is 13.1. The predicted octanol–water partition coefficient (Wildman–Crippen LogP) is 4.77. The van der Waals surface area contributed by atoms with Crippen LogP contribution in [0.25, 0.3) is 0 Å². The van der Waals surface area contributed by atoms with Crippen LogP contribution in [0, 0.1) is 29.6 Å². The average Bonchev–Trinajstić information content (AvgIpc) is 3.45. The Morgan fingerprint density at radius 2 is 1.78 bits per heavy atom. The van der Waals surface area contributed by atoms with E-state index in [-0.39, 0.29) is 17.6 Å². The summed E-state index contributed by atoms with van der Waals surface area (Å²) in [5, 5.41) is 8.40. The van der Waals surface area contributed by atoms with E-state index in [4.69, 9.17) is 14.6 Å². The van der Waals surface area contributed by atoms with Gasteiger partial charge >= 0.3 is 17.9 Å². The molecule has 4 rings (SSSR count). The van der Waals surface area contributed by atoms with Gasteiger partial charge in [0.15, 0.2) is 6.61 Å². The number of halogens is 2. The van der Waals surface area contributed by atoms with Crippen LogP contribution in [0.3, 0.4) is 0 Å². The lowest BCUT2D eigenvalue weighted by molar-refractivity contribution is -0.170. The fraction of sp³-hybridized carbons (Fsp3) is 0.667. The van der Waals surface area contributed by atoms with Gasteiger partial charge in [0.2, 0.25) is 6.29 Å². The van der Waals surface area contributed by atoms with Crippen molar-refractivity contribution in [2.75, 3.05) is 6.61 Å². The molecule has 6 nitrogen and oxygen atoms in total. The van der Waals surface area contributed by atoms with E-state index in [1.165, 1.54) is 37.8 Å². The molecule has 1 N–H and O–H groups in total. The lowest BCUT2D eigenvalue weighted by Gasteiger charge is -2.35. The highest BCUT2D eigenvalue weighted by Gasteiger charge is 2.54. The zero-order valence-electron chi connectivity index (χ0n) is 18.3. The highest BCUT2D eigenvalue weighted by atomic mass is 19.3. The molecule has 0 amide bonds. The molecule has 3 aliphatic carbocycles. The second-order valence-electron chi connectivity index (χ2n) is 9.67. The number of carbonyl (C=O) groups is 2. The molecular formula is C24H30F2O6. The fourth-order valence-electron chi connectivity index (χ4n) is 5.76. The van der Waals surface area contributed by atoms with Crippen LogP contribution in [0.4, 0.5) is 8.78 Å². The van der Waals surface area contributed by atoms with Crippen LogP contribution in [-0.4, -0.2) is 42.0 Å². The van der Waals surface area contributed by atoms with Gasteiger partial charge in [0.25, 0.3) is 0 Å². The normalized spacial score (nSPS) is 29.7. The lowest BCUT2D eigenvalue weighted by Crippen LogP contribution is -2.37. The van der Waals surface area contributed by atoms with Gasteiger partial charge in [0, 0.05) is 5.92 Å². The van der Waals surface area contributed by atoms with Gasteiger partial charge in [0.1, 0.15) is 5.75 Å². The number of carboxylic acids is 1. The van der Waals surface area contributed by atoms with Gasteiger partial charge in [-0.05, 0) is 73.6 Å². The molecule has 3 saturated carbocycles. The summed E-state index contributed by atoms with van der Waals surface area (Å²) >= 11 is 0. The average molecular weight is 452 g/mol. The van der Waals surface area contributed by atoms with Crippen molar-refractivity contribution in [1.29, 1.82) is 0 Å². The number of ether oxygens (including phenoxy) is 3. The summed E-state index contributed by atoms with van der Waals surface area (Å²) in [5.41, 5.74) is 0.0286. The van der Waals surface area contributed by atoms with E-state index in [2.05, 4.69) is 4.74 Å². The highest BCUT2D eigenvalue weighted by Crippen LogP contribution is 2.59. The van der Waals surface area contributed by atoms with Crippen LogP contribution < -0.4 is 4.74 Å². The Bertz CT molecular complexity index is 839. The van der Waals surface area contributed by atoms with E-state index >= 15 is 0 Å². The predicted molar refractivity (Wildman–Crippen MR) is 110 cm³/mol. The third-order valence-electron chi connectivity index (χ3n) is 7.26. The van der Waals surface area contributed by atoms with Gasteiger partial charge in [0.05, 0.1) is 11.7 Å². The van der Waals surface area contributed by atoms with Gasteiger partial charge in [-0.3, -0.25) is 0 Å². The van der Waals surface area contributed by atoms with Crippen LogP contribution in [0.15, 0.2) is 24.3 Å². The van der Waals surface area contributed by atoms with Crippen LogP contribution in [0.1, 0.15) is 56.3 Å². The number of rotatable bonds is 9. The minimum atomic E-state index is -4.13.